The third kappa shape index (κ3) is 6.18. The highest BCUT2D eigenvalue weighted by Gasteiger charge is 2.33. The van der Waals surface area contributed by atoms with E-state index in [0.29, 0.717) is 12.8 Å². The Morgan fingerprint density at radius 3 is 1.92 bits per heavy atom. The molecule has 4 rings (SSSR count). The summed E-state index contributed by atoms with van der Waals surface area (Å²) in [6.07, 6.45) is 0.159. The van der Waals surface area contributed by atoms with E-state index in [4.69, 9.17) is 5.73 Å². The summed E-state index contributed by atoms with van der Waals surface area (Å²) in [7, 11) is 1.66. The van der Waals surface area contributed by atoms with Crippen LogP contribution in [0.3, 0.4) is 0 Å². The molecule has 0 bridgehead atoms. The van der Waals surface area contributed by atoms with E-state index in [2.05, 4.69) is 22.1 Å². The number of benzene rings is 2. The van der Waals surface area contributed by atoms with Gasteiger partial charge in [0.1, 0.15) is 12.2 Å². The lowest BCUT2D eigenvalue weighted by Crippen LogP contribution is -2.59. The second-order valence-corrected chi connectivity index (χ2v) is 11.7. The first-order valence-electron chi connectivity index (χ1n) is 12.1. The predicted octanol–water partition coefficient (Wildman–Crippen LogP) is 4.04. The first kappa shape index (κ1) is 26.8. The molecule has 194 valence electrons. The molecule has 4 aromatic rings. The van der Waals surface area contributed by atoms with Gasteiger partial charge in [0.15, 0.2) is 0 Å². The maximum absolute atomic E-state index is 13.9. The Hall–Kier alpha value is -3.27. The monoisotopic (exact) mass is 536 g/mol. The summed E-state index contributed by atoms with van der Waals surface area (Å²) in [6.45, 7) is 4.65. The fraction of sp³-hybridized carbons (Fsp3) is 0.321. The van der Waals surface area contributed by atoms with Crippen molar-refractivity contribution in [2.24, 2.45) is 5.73 Å². The van der Waals surface area contributed by atoms with Gasteiger partial charge < -0.3 is 21.3 Å². The van der Waals surface area contributed by atoms with Crippen molar-refractivity contribution in [3.63, 3.8) is 0 Å². The number of carbonyl (C=O) groups is 3. The molecule has 0 spiro atoms. The Kier molecular flexibility index (Phi) is 7.96. The lowest BCUT2D eigenvalue weighted by molar-refractivity contribution is -0.139. The third-order valence-electron chi connectivity index (χ3n) is 6.33. The van der Waals surface area contributed by atoms with Crippen LogP contribution in [0.5, 0.6) is 0 Å². The third-order valence-corrected chi connectivity index (χ3v) is 8.36. The van der Waals surface area contributed by atoms with Crippen molar-refractivity contribution >= 4 is 60.6 Å². The molecule has 37 heavy (non-hydrogen) atoms. The molecule has 3 amide bonds. The molecule has 2 aromatic carbocycles. The minimum atomic E-state index is -1.15. The number of nitrogens with two attached hydrogens (primary N) is 1. The van der Waals surface area contributed by atoms with Crippen LogP contribution in [-0.2, 0) is 27.2 Å². The van der Waals surface area contributed by atoms with Gasteiger partial charge in [-0.1, -0.05) is 36.4 Å². The molecule has 0 radical (unpaired) electrons. The van der Waals surface area contributed by atoms with E-state index in [-0.39, 0.29) is 11.8 Å². The first-order valence-corrected chi connectivity index (χ1v) is 13.8. The zero-order chi connectivity index (χ0) is 26.7. The zero-order valence-corrected chi connectivity index (χ0v) is 23.0. The van der Waals surface area contributed by atoms with Gasteiger partial charge in [0, 0.05) is 36.2 Å². The fourth-order valence-corrected chi connectivity index (χ4v) is 6.22. The van der Waals surface area contributed by atoms with Crippen molar-refractivity contribution in [3.05, 3.63) is 70.4 Å². The number of hydrogen-bond donors (Lipinski definition) is 3. The van der Waals surface area contributed by atoms with Crippen molar-refractivity contribution in [2.75, 3.05) is 7.05 Å². The molecule has 0 aliphatic rings. The van der Waals surface area contributed by atoms with Crippen molar-refractivity contribution in [2.45, 2.75) is 51.4 Å². The maximum atomic E-state index is 13.9. The molecule has 0 aliphatic heterocycles. The number of thiophene rings is 2. The van der Waals surface area contributed by atoms with E-state index in [1.807, 2.05) is 47.8 Å². The lowest BCUT2D eigenvalue weighted by atomic mass is 10.0. The Morgan fingerprint density at radius 1 is 0.892 bits per heavy atom. The normalized spacial score (nSPS) is 13.3. The SMILES string of the molecule is CC(=O)N[C@@H](Cc1csc2ccccc12)N(C)C(=O)[C@@H](Cc1csc2ccccc12)NC(=O)C(C)(C)N. The van der Waals surface area contributed by atoms with E-state index in [9.17, 15) is 14.4 Å². The number of fused-ring (bicyclic) bond motifs is 2. The highest BCUT2D eigenvalue weighted by molar-refractivity contribution is 7.17. The van der Waals surface area contributed by atoms with Gasteiger partial charge in [-0.2, -0.15) is 0 Å². The highest BCUT2D eigenvalue weighted by atomic mass is 32.1. The van der Waals surface area contributed by atoms with Crippen molar-refractivity contribution < 1.29 is 14.4 Å². The number of likely N-dealkylation sites (N-methyl/N-ethyl adjacent to an activating group) is 1. The molecular formula is C28H32N4O3S2. The molecule has 0 fully saturated rings. The number of rotatable bonds is 9. The topological polar surface area (TPSA) is 105 Å². The summed E-state index contributed by atoms with van der Waals surface area (Å²) < 4.78 is 2.26. The minimum absolute atomic E-state index is 0.239. The summed E-state index contributed by atoms with van der Waals surface area (Å²) in [5.74, 6) is -0.957. The zero-order valence-electron chi connectivity index (χ0n) is 21.4. The Bertz CT molecular complexity index is 1440. The van der Waals surface area contributed by atoms with Crippen LogP contribution >= 0.6 is 22.7 Å². The quantitative estimate of drug-likeness (QED) is 0.281. The summed E-state index contributed by atoms with van der Waals surface area (Å²) >= 11 is 3.23. The van der Waals surface area contributed by atoms with Crippen molar-refractivity contribution in [1.29, 1.82) is 0 Å². The lowest BCUT2D eigenvalue weighted by Gasteiger charge is -2.33. The van der Waals surface area contributed by atoms with Crippen LogP contribution in [0.1, 0.15) is 31.9 Å². The summed E-state index contributed by atoms with van der Waals surface area (Å²) in [5.41, 5.74) is 6.92. The molecule has 4 N–H and O–H groups in total. The molecule has 9 heteroatoms. The summed E-state index contributed by atoms with van der Waals surface area (Å²) in [4.78, 5) is 40.4. The smallest absolute Gasteiger partial charge is 0.246 e. The molecular weight excluding hydrogens is 504 g/mol. The van der Waals surface area contributed by atoms with Gasteiger partial charge in [-0.25, -0.2) is 0 Å². The van der Waals surface area contributed by atoms with Gasteiger partial charge in [-0.05, 0) is 58.6 Å². The van der Waals surface area contributed by atoms with E-state index in [1.54, 1.807) is 43.6 Å². The first-order chi connectivity index (χ1) is 17.5. The van der Waals surface area contributed by atoms with Gasteiger partial charge in [0.25, 0.3) is 0 Å². The van der Waals surface area contributed by atoms with Crippen LogP contribution in [0.15, 0.2) is 59.3 Å². The molecule has 2 heterocycles. The van der Waals surface area contributed by atoms with Gasteiger partial charge in [-0.15, -0.1) is 22.7 Å². The Balaban J connectivity index is 1.63. The van der Waals surface area contributed by atoms with Crippen molar-refractivity contribution in [3.8, 4) is 0 Å². The van der Waals surface area contributed by atoms with Gasteiger partial charge in [-0.3, -0.25) is 14.4 Å². The number of amides is 3. The molecule has 0 unspecified atom stereocenters. The minimum Gasteiger partial charge on any atom is -0.342 e. The van der Waals surface area contributed by atoms with Gasteiger partial charge >= 0.3 is 0 Å². The molecule has 0 saturated heterocycles. The van der Waals surface area contributed by atoms with E-state index in [1.165, 1.54) is 11.8 Å². The highest BCUT2D eigenvalue weighted by Crippen LogP contribution is 2.28. The molecule has 2 aromatic heterocycles. The molecule has 2 atom stereocenters. The van der Waals surface area contributed by atoms with Crippen LogP contribution < -0.4 is 16.4 Å². The fourth-order valence-electron chi connectivity index (χ4n) is 4.27. The van der Waals surface area contributed by atoms with Crippen LogP contribution in [0, 0.1) is 0 Å². The van der Waals surface area contributed by atoms with Crippen LogP contribution in [0.25, 0.3) is 20.2 Å². The maximum Gasteiger partial charge on any atom is 0.246 e. The van der Waals surface area contributed by atoms with Crippen LogP contribution in [0.4, 0.5) is 0 Å². The predicted molar refractivity (Wildman–Crippen MR) is 152 cm³/mol. The van der Waals surface area contributed by atoms with Crippen molar-refractivity contribution in [1.82, 2.24) is 15.5 Å². The van der Waals surface area contributed by atoms with E-state index in [0.717, 1.165) is 31.3 Å². The molecule has 7 nitrogen and oxygen atoms in total. The van der Waals surface area contributed by atoms with E-state index >= 15 is 0 Å². The number of nitrogens with zero attached hydrogens (tertiary/aromatic N) is 1. The summed E-state index contributed by atoms with van der Waals surface area (Å²) in [6, 6.07) is 15.2. The average molecular weight is 537 g/mol. The largest absolute Gasteiger partial charge is 0.342 e. The van der Waals surface area contributed by atoms with E-state index < -0.39 is 23.7 Å². The van der Waals surface area contributed by atoms with Gasteiger partial charge in [0.2, 0.25) is 17.7 Å². The average Bonchev–Trinajstić information content (AvgIpc) is 3.45. The van der Waals surface area contributed by atoms with Crippen LogP contribution in [0.2, 0.25) is 0 Å². The standard InChI is InChI=1S/C28H32N4O3S2/c1-17(33)30-25(14-19-16-37-24-12-8-6-10-21(19)24)32(4)26(34)22(31-27(35)28(2,3)29)13-18-15-36-23-11-7-5-9-20(18)23/h5-12,15-16,22,25H,13-14,29H2,1-4H3,(H,30,33)(H,31,35)/t22-,25-/m1/s1. The van der Waals surface area contributed by atoms with Crippen LogP contribution in [-0.4, -0.2) is 47.4 Å². The summed E-state index contributed by atoms with van der Waals surface area (Å²) in [5, 5.41) is 12.0. The number of nitrogens with one attached hydrogen (secondary N) is 2. The Morgan fingerprint density at radius 2 is 1.41 bits per heavy atom. The molecule has 0 aliphatic carbocycles. The molecule has 0 saturated carbocycles. The number of hydrogen-bond acceptors (Lipinski definition) is 6. The second kappa shape index (κ2) is 11.0. The second-order valence-electron chi connectivity index (χ2n) is 9.84. The van der Waals surface area contributed by atoms with Gasteiger partial charge in [0.05, 0.1) is 5.54 Å². The Labute approximate surface area is 224 Å². The number of carbonyl (C=O) groups excluding carboxylic acids is 3.